The molecule has 1 saturated carbocycles. The molecule has 2 aromatic heterocycles. The van der Waals surface area contributed by atoms with Crippen LogP contribution >= 0.6 is 11.3 Å². The molecule has 3 heterocycles. The second kappa shape index (κ2) is 8.82. The van der Waals surface area contributed by atoms with Gasteiger partial charge in [0.25, 0.3) is 0 Å². The van der Waals surface area contributed by atoms with Crippen LogP contribution in [0.15, 0.2) is 36.8 Å². The van der Waals surface area contributed by atoms with Gasteiger partial charge in [0.2, 0.25) is 0 Å². The van der Waals surface area contributed by atoms with Crippen molar-refractivity contribution in [1.82, 2.24) is 20.3 Å². The van der Waals surface area contributed by atoms with Gasteiger partial charge in [-0.1, -0.05) is 12.8 Å². The fraction of sp³-hybridized carbons (Fsp3) is 0.458. The minimum atomic E-state index is 0.527. The number of ether oxygens (including phenoxy) is 1. The van der Waals surface area contributed by atoms with Crippen LogP contribution in [0.2, 0.25) is 0 Å². The number of benzene rings is 1. The van der Waals surface area contributed by atoms with Crippen molar-refractivity contribution in [1.29, 1.82) is 0 Å². The number of hydrogen-bond donors (Lipinski definition) is 1. The van der Waals surface area contributed by atoms with Crippen LogP contribution in [0.3, 0.4) is 0 Å². The van der Waals surface area contributed by atoms with E-state index < -0.39 is 0 Å². The summed E-state index contributed by atoms with van der Waals surface area (Å²) in [5.74, 6) is 1.95. The van der Waals surface area contributed by atoms with Crippen LogP contribution < -0.4 is 10.1 Å². The lowest BCUT2D eigenvalue weighted by molar-refractivity contribution is 0.415. The third kappa shape index (κ3) is 3.86. The molecule has 2 fully saturated rings. The molecule has 2 aliphatic rings. The highest BCUT2D eigenvalue weighted by Gasteiger charge is 2.27. The SMILES string of the molecule is COc1ccc(-c2nc(C3CCNCC3)sc2-c2ncncc2C2CCCC2)cc1. The normalized spacial score (nSPS) is 18.0. The highest BCUT2D eigenvalue weighted by atomic mass is 32.1. The van der Waals surface area contributed by atoms with Crippen molar-refractivity contribution in [2.75, 3.05) is 20.2 Å². The molecule has 3 aromatic rings. The van der Waals surface area contributed by atoms with Gasteiger partial charge in [0.15, 0.2) is 0 Å². The van der Waals surface area contributed by atoms with E-state index in [2.05, 4.69) is 22.4 Å². The van der Waals surface area contributed by atoms with Crippen molar-refractivity contribution in [3.63, 3.8) is 0 Å². The summed E-state index contributed by atoms with van der Waals surface area (Å²) in [4.78, 5) is 15.6. The van der Waals surface area contributed by atoms with E-state index in [1.807, 2.05) is 29.7 Å². The molecule has 156 valence electrons. The summed E-state index contributed by atoms with van der Waals surface area (Å²) in [7, 11) is 1.70. The van der Waals surface area contributed by atoms with Crippen LogP contribution in [0.1, 0.15) is 60.9 Å². The largest absolute Gasteiger partial charge is 0.497 e. The molecular formula is C24H28N4OS. The van der Waals surface area contributed by atoms with Crippen LogP contribution in [0.25, 0.3) is 21.8 Å². The van der Waals surface area contributed by atoms with Crippen molar-refractivity contribution in [2.45, 2.75) is 50.4 Å². The Balaban J connectivity index is 1.62. The molecule has 1 saturated heterocycles. The maximum atomic E-state index is 5.36. The van der Waals surface area contributed by atoms with Gasteiger partial charge in [-0.3, -0.25) is 0 Å². The highest BCUT2D eigenvalue weighted by Crippen LogP contribution is 2.45. The smallest absolute Gasteiger partial charge is 0.118 e. The quantitative estimate of drug-likeness (QED) is 0.599. The molecule has 5 nitrogen and oxygen atoms in total. The Bertz CT molecular complexity index is 989. The van der Waals surface area contributed by atoms with Crippen LogP contribution in [0.4, 0.5) is 0 Å². The minimum absolute atomic E-state index is 0.527. The third-order valence-electron chi connectivity index (χ3n) is 6.45. The molecular weight excluding hydrogens is 392 g/mol. The molecule has 6 heteroatoms. The zero-order valence-corrected chi connectivity index (χ0v) is 18.3. The van der Waals surface area contributed by atoms with E-state index in [0.29, 0.717) is 11.8 Å². The molecule has 0 atom stereocenters. The topological polar surface area (TPSA) is 59.9 Å². The summed E-state index contributed by atoms with van der Waals surface area (Å²) in [6.07, 6.45) is 11.1. The summed E-state index contributed by atoms with van der Waals surface area (Å²) < 4.78 is 5.36. The lowest BCUT2D eigenvalue weighted by Crippen LogP contribution is -2.26. The summed E-state index contributed by atoms with van der Waals surface area (Å²) in [5.41, 5.74) is 4.55. The van der Waals surface area contributed by atoms with E-state index in [1.54, 1.807) is 13.4 Å². The average molecular weight is 421 g/mol. The first-order chi connectivity index (χ1) is 14.8. The van der Waals surface area contributed by atoms with E-state index in [0.717, 1.165) is 48.6 Å². The summed E-state index contributed by atoms with van der Waals surface area (Å²) in [5, 5.41) is 4.71. The van der Waals surface area contributed by atoms with Gasteiger partial charge in [-0.15, -0.1) is 11.3 Å². The molecule has 0 amide bonds. The predicted octanol–water partition coefficient (Wildman–Crippen LogP) is 5.40. The molecule has 0 unspecified atom stereocenters. The monoisotopic (exact) mass is 420 g/mol. The van der Waals surface area contributed by atoms with Gasteiger partial charge in [-0.2, -0.15) is 0 Å². The molecule has 0 bridgehead atoms. The Morgan fingerprint density at radius 2 is 1.73 bits per heavy atom. The van der Waals surface area contributed by atoms with Gasteiger partial charge in [0, 0.05) is 23.2 Å². The van der Waals surface area contributed by atoms with E-state index in [4.69, 9.17) is 14.7 Å². The number of nitrogens with zero attached hydrogens (tertiary/aromatic N) is 3. The minimum Gasteiger partial charge on any atom is -0.497 e. The van der Waals surface area contributed by atoms with Crippen LogP contribution in [0, 0.1) is 0 Å². The van der Waals surface area contributed by atoms with Gasteiger partial charge >= 0.3 is 0 Å². The number of aromatic nitrogens is 3. The Kier molecular flexibility index (Phi) is 5.77. The van der Waals surface area contributed by atoms with Crippen molar-refractivity contribution < 1.29 is 4.74 Å². The highest BCUT2D eigenvalue weighted by molar-refractivity contribution is 7.15. The van der Waals surface area contributed by atoms with Crippen molar-refractivity contribution in [3.8, 4) is 27.6 Å². The number of piperidine rings is 1. The second-order valence-electron chi connectivity index (χ2n) is 8.29. The molecule has 1 aromatic carbocycles. The van der Waals surface area contributed by atoms with E-state index >= 15 is 0 Å². The molecule has 1 aliphatic heterocycles. The molecule has 5 rings (SSSR count). The van der Waals surface area contributed by atoms with Crippen molar-refractivity contribution >= 4 is 11.3 Å². The number of rotatable bonds is 5. The lowest BCUT2D eigenvalue weighted by atomic mass is 9.96. The number of hydrogen-bond acceptors (Lipinski definition) is 6. The first-order valence-corrected chi connectivity index (χ1v) is 11.8. The predicted molar refractivity (Wildman–Crippen MR) is 121 cm³/mol. The molecule has 0 radical (unpaired) electrons. The Hall–Kier alpha value is -2.31. The maximum Gasteiger partial charge on any atom is 0.118 e. The van der Waals surface area contributed by atoms with Gasteiger partial charge < -0.3 is 10.1 Å². The van der Waals surface area contributed by atoms with Crippen LogP contribution in [0.5, 0.6) is 5.75 Å². The zero-order chi connectivity index (χ0) is 20.3. The summed E-state index contributed by atoms with van der Waals surface area (Å²) in [6.45, 7) is 2.14. The van der Waals surface area contributed by atoms with Gasteiger partial charge in [-0.25, -0.2) is 15.0 Å². The number of thiazole rings is 1. The number of methoxy groups -OCH3 is 1. The molecule has 0 spiro atoms. The lowest BCUT2D eigenvalue weighted by Gasteiger charge is -2.20. The molecule has 1 N–H and O–H groups in total. The van der Waals surface area contributed by atoms with Crippen LogP contribution in [-0.4, -0.2) is 35.2 Å². The fourth-order valence-electron chi connectivity index (χ4n) is 4.75. The summed E-state index contributed by atoms with van der Waals surface area (Å²) >= 11 is 1.84. The Labute approximate surface area is 182 Å². The van der Waals surface area contributed by atoms with E-state index in [9.17, 15) is 0 Å². The number of nitrogens with one attached hydrogen (secondary N) is 1. The van der Waals surface area contributed by atoms with Gasteiger partial charge in [0.1, 0.15) is 12.1 Å². The average Bonchev–Trinajstić information content (AvgIpc) is 3.50. The maximum absolute atomic E-state index is 5.36. The first kappa shape index (κ1) is 19.6. The standard InChI is InChI=1S/C24H28N4OS/c1-29-19-8-6-17(7-9-19)21-23(30-24(28-21)18-10-12-25-13-11-18)22-20(14-26-15-27-22)16-4-2-3-5-16/h6-9,14-16,18,25H,2-5,10-13H2,1H3. The van der Waals surface area contributed by atoms with Gasteiger partial charge in [-0.05, 0) is 69.0 Å². The zero-order valence-electron chi connectivity index (χ0n) is 17.4. The van der Waals surface area contributed by atoms with E-state index in [-0.39, 0.29) is 0 Å². The Morgan fingerprint density at radius 1 is 0.967 bits per heavy atom. The van der Waals surface area contributed by atoms with Crippen molar-refractivity contribution in [3.05, 3.63) is 47.4 Å². The van der Waals surface area contributed by atoms with Crippen LogP contribution in [-0.2, 0) is 0 Å². The molecule has 1 aliphatic carbocycles. The van der Waals surface area contributed by atoms with Crippen molar-refractivity contribution in [2.24, 2.45) is 0 Å². The third-order valence-corrected chi connectivity index (χ3v) is 7.67. The first-order valence-electron chi connectivity index (χ1n) is 11.0. The Morgan fingerprint density at radius 3 is 2.47 bits per heavy atom. The van der Waals surface area contributed by atoms with Gasteiger partial charge in [0.05, 0.1) is 28.4 Å². The fourth-order valence-corrected chi connectivity index (χ4v) is 6.03. The van der Waals surface area contributed by atoms with E-state index in [1.165, 1.54) is 41.1 Å². The molecule has 30 heavy (non-hydrogen) atoms. The second-order valence-corrected chi connectivity index (χ2v) is 9.32. The summed E-state index contributed by atoms with van der Waals surface area (Å²) in [6, 6.07) is 8.25.